The molecule has 0 saturated carbocycles. The van der Waals surface area contributed by atoms with Gasteiger partial charge in [-0.1, -0.05) is 0 Å². The lowest BCUT2D eigenvalue weighted by Gasteiger charge is -2.31. The van der Waals surface area contributed by atoms with Gasteiger partial charge < -0.3 is 16.0 Å². The van der Waals surface area contributed by atoms with Crippen molar-refractivity contribution in [3.05, 3.63) is 42.7 Å². The summed E-state index contributed by atoms with van der Waals surface area (Å²) in [5.41, 5.74) is 7.08. The Balaban J connectivity index is 1.54. The number of nitrogens with two attached hydrogens (primary N) is 1. The first-order valence-electron chi connectivity index (χ1n) is 10.2. The number of aromatic nitrogens is 1. The molecular weight excluding hydrogens is 420 g/mol. The van der Waals surface area contributed by atoms with Crippen LogP contribution in [-0.2, 0) is 29.6 Å². The number of aromatic amines is 1. The molecule has 4 heterocycles. The van der Waals surface area contributed by atoms with E-state index in [2.05, 4.69) is 10.3 Å². The van der Waals surface area contributed by atoms with Gasteiger partial charge in [0.15, 0.2) is 0 Å². The zero-order valence-electron chi connectivity index (χ0n) is 16.2. The maximum Gasteiger partial charge on any atom is 0.330 e. The van der Waals surface area contributed by atoms with E-state index in [1.165, 1.54) is 4.88 Å². The molecule has 1 atom stereocenters. The molecule has 3 aromatic heterocycles. The third-order valence-electron chi connectivity index (χ3n) is 6.61. The van der Waals surface area contributed by atoms with Gasteiger partial charge in [0, 0.05) is 20.7 Å². The number of H-pyrrole nitrogens is 1. The quantitative estimate of drug-likeness (QED) is 0.504. The number of nitrogens with zero attached hydrogens (tertiary/aromatic N) is 1. The molecule has 2 aliphatic carbocycles. The number of aryl methyl sites for hydroxylation is 3. The van der Waals surface area contributed by atoms with Crippen LogP contribution in [0.25, 0.3) is 10.2 Å². The molecule has 0 radical (unpaired) electrons. The van der Waals surface area contributed by atoms with E-state index < -0.39 is 23.0 Å². The Bertz CT molecular complexity index is 1300. The van der Waals surface area contributed by atoms with Gasteiger partial charge in [-0.25, -0.2) is 9.69 Å². The van der Waals surface area contributed by atoms with E-state index in [1.54, 1.807) is 22.7 Å². The molecule has 1 unspecified atom stereocenters. The smallest absolute Gasteiger partial charge is 0.330 e. The number of hydrogen-bond donors (Lipinski definition) is 3. The van der Waals surface area contributed by atoms with Gasteiger partial charge in [0.05, 0.1) is 5.69 Å². The number of nitrogen functional groups attached to an aromatic ring is 1. The molecule has 6 rings (SSSR count). The number of imide groups is 1. The van der Waals surface area contributed by atoms with E-state index in [4.69, 9.17) is 5.73 Å². The largest absolute Gasteiger partial charge is 0.396 e. The molecule has 0 bridgehead atoms. The fourth-order valence-corrected chi connectivity index (χ4v) is 7.56. The van der Waals surface area contributed by atoms with Gasteiger partial charge in [-0.2, -0.15) is 0 Å². The molecule has 3 aliphatic rings. The zero-order valence-corrected chi connectivity index (χ0v) is 17.8. The minimum Gasteiger partial charge on any atom is -0.396 e. The summed E-state index contributed by atoms with van der Waals surface area (Å²) in [6.07, 6.45) is 6.27. The Labute approximate surface area is 179 Å². The Hall–Kier alpha value is -2.65. The van der Waals surface area contributed by atoms with Crippen molar-refractivity contribution in [1.29, 1.82) is 0 Å². The molecular formula is C21H20N4O3S2. The van der Waals surface area contributed by atoms with Crippen LogP contribution in [-0.4, -0.2) is 16.9 Å². The molecule has 7 nitrogen and oxygen atoms in total. The van der Waals surface area contributed by atoms with Gasteiger partial charge in [-0.05, 0) is 62.0 Å². The first-order valence-corrected chi connectivity index (χ1v) is 11.9. The lowest BCUT2D eigenvalue weighted by Crippen LogP contribution is -2.46. The molecule has 3 aromatic rings. The van der Waals surface area contributed by atoms with Gasteiger partial charge in [0.25, 0.3) is 11.5 Å². The number of hydrogen-bond acceptors (Lipinski definition) is 6. The maximum atomic E-state index is 13.7. The van der Waals surface area contributed by atoms with Crippen molar-refractivity contribution >= 4 is 56.2 Å². The summed E-state index contributed by atoms with van der Waals surface area (Å²) in [7, 11) is 0. The fourth-order valence-electron chi connectivity index (χ4n) is 5.26. The predicted molar refractivity (Wildman–Crippen MR) is 118 cm³/mol. The van der Waals surface area contributed by atoms with Crippen molar-refractivity contribution in [1.82, 2.24) is 10.3 Å². The second kappa shape index (κ2) is 6.18. The molecule has 0 aromatic carbocycles. The number of carbonyl (C=O) groups is 2. The number of nitrogens with one attached hydrogen (secondary N) is 2. The number of carbonyl (C=O) groups excluding carboxylic acids is 2. The molecule has 1 aliphatic heterocycles. The monoisotopic (exact) mass is 440 g/mol. The number of anilines is 2. The van der Waals surface area contributed by atoms with Crippen molar-refractivity contribution in [2.75, 3.05) is 10.6 Å². The van der Waals surface area contributed by atoms with Crippen molar-refractivity contribution in [2.24, 2.45) is 0 Å². The normalized spacial score (nSPS) is 23.1. The lowest BCUT2D eigenvalue weighted by atomic mass is 9.80. The van der Waals surface area contributed by atoms with E-state index in [0.29, 0.717) is 6.42 Å². The Morgan fingerprint density at radius 3 is 2.73 bits per heavy atom. The fraction of sp³-hybridized carbons (Fsp3) is 0.381. The zero-order chi connectivity index (χ0) is 20.6. The summed E-state index contributed by atoms with van der Waals surface area (Å²) in [6, 6.07) is 1.33. The van der Waals surface area contributed by atoms with Crippen LogP contribution < -0.4 is 21.5 Å². The highest BCUT2D eigenvalue weighted by Crippen LogP contribution is 2.45. The number of urea groups is 1. The summed E-state index contributed by atoms with van der Waals surface area (Å²) in [6.45, 7) is 0. The number of fused-ring (bicyclic) bond motifs is 5. The summed E-state index contributed by atoms with van der Waals surface area (Å²) in [4.78, 5) is 46.7. The summed E-state index contributed by atoms with van der Waals surface area (Å²) in [5, 5.41) is 5.65. The van der Waals surface area contributed by atoms with Crippen LogP contribution in [0.4, 0.5) is 16.2 Å². The predicted octanol–water partition coefficient (Wildman–Crippen LogP) is 3.40. The third-order valence-corrected chi connectivity index (χ3v) is 8.80. The van der Waals surface area contributed by atoms with Crippen molar-refractivity contribution < 1.29 is 9.59 Å². The molecule has 9 heteroatoms. The number of amides is 3. The standard InChI is InChI=1S/C21H20N4O3S2/c22-15-14-10-4-1-2-5-12(10)30-18(14)23-17(26)16(15)25-19(27)21(24-20(25)28)8-3-6-13-11(21)7-9-29-13/h7,9H,1-6,8H2,(H,24,28)(H3,22,23,26). The first-order chi connectivity index (χ1) is 14.5. The minimum atomic E-state index is -1.10. The van der Waals surface area contributed by atoms with Crippen molar-refractivity contribution in [3.63, 3.8) is 0 Å². The van der Waals surface area contributed by atoms with Gasteiger partial charge in [0.1, 0.15) is 16.1 Å². The molecule has 4 N–H and O–H groups in total. The highest BCUT2D eigenvalue weighted by molar-refractivity contribution is 7.19. The molecule has 30 heavy (non-hydrogen) atoms. The van der Waals surface area contributed by atoms with E-state index in [9.17, 15) is 14.4 Å². The summed E-state index contributed by atoms with van der Waals surface area (Å²) < 4.78 is 0. The number of rotatable bonds is 1. The average molecular weight is 441 g/mol. The topological polar surface area (TPSA) is 108 Å². The lowest BCUT2D eigenvalue weighted by molar-refractivity contribution is -0.122. The Morgan fingerprint density at radius 2 is 1.87 bits per heavy atom. The number of thiophene rings is 2. The van der Waals surface area contributed by atoms with Crippen molar-refractivity contribution in [2.45, 2.75) is 50.5 Å². The SMILES string of the molecule is Nc1c(N2C(=O)NC3(CCCc4sccc43)C2=O)c(=O)[nH]c2sc3c(c12)CCCC3. The third kappa shape index (κ3) is 2.22. The summed E-state index contributed by atoms with van der Waals surface area (Å²) in [5.74, 6) is -0.410. The highest BCUT2D eigenvalue weighted by atomic mass is 32.1. The molecule has 1 fully saturated rings. The van der Waals surface area contributed by atoms with Crippen LogP contribution in [0.3, 0.4) is 0 Å². The number of pyridine rings is 1. The second-order valence-electron chi connectivity index (χ2n) is 8.22. The van der Waals surface area contributed by atoms with Crippen LogP contribution >= 0.6 is 22.7 Å². The average Bonchev–Trinajstić information content (AvgIpc) is 3.40. The van der Waals surface area contributed by atoms with Gasteiger partial charge in [-0.3, -0.25) is 9.59 Å². The van der Waals surface area contributed by atoms with E-state index in [-0.39, 0.29) is 11.4 Å². The molecule has 1 saturated heterocycles. The molecule has 1 spiro atoms. The highest BCUT2D eigenvalue weighted by Gasteiger charge is 2.55. The van der Waals surface area contributed by atoms with E-state index in [0.717, 1.165) is 69.6 Å². The molecule has 3 amide bonds. The Morgan fingerprint density at radius 1 is 1.07 bits per heavy atom. The first kappa shape index (κ1) is 18.1. The van der Waals surface area contributed by atoms with Gasteiger partial charge in [-0.15, -0.1) is 22.7 Å². The van der Waals surface area contributed by atoms with Crippen LogP contribution in [0.5, 0.6) is 0 Å². The summed E-state index contributed by atoms with van der Waals surface area (Å²) >= 11 is 3.15. The van der Waals surface area contributed by atoms with Gasteiger partial charge in [0.2, 0.25) is 0 Å². The van der Waals surface area contributed by atoms with Crippen LogP contribution in [0.2, 0.25) is 0 Å². The molecule has 154 valence electrons. The Kier molecular flexibility index (Phi) is 3.74. The van der Waals surface area contributed by atoms with Crippen LogP contribution in [0.15, 0.2) is 16.2 Å². The van der Waals surface area contributed by atoms with E-state index in [1.807, 2.05) is 11.4 Å². The van der Waals surface area contributed by atoms with Crippen molar-refractivity contribution in [3.8, 4) is 0 Å². The minimum absolute atomic E-state index is 0.0459. The van der Waals surface area contributed by atoms with Crippen LogP contribution in [0.1, 0.15) is 46.6 Å². The van der Waals surface area contributed by atoms with E-state index >= 15 is 0 Å². The van der Waals surface area contributed by atoms with Gasteiger partial charge >= 0.3 is 6.03 Å². The van der Waals surface area contributed by atoms with Crippen LogP contribution in [0, 0.1) is 0 Å². The maximum absolute atomic E-state index is 13.7. The second-order valence-corrected chi connectivity index (χ2v) is 10.3.